The van der Waals surface area contributed by atoms with Gasteiger partial charge in [0.15, 0.2) is 5.82 Å². The van der Waals surface area contributed by atoms with E-state index >= 15 is 0 Å². The molecule has 1 atom stereocenters. The normalized spacial score (nSPS) is 16.5. The van der Waals surface area contributed by atoms with Gasteiger partial charge in [0.1, 0.15) is 0 Å². The Balaban J connectivity index is 1.75. The SMILES string of the molecule is CCCC(Cl)c1noc(C2Cc3ccccc3C2)n1. The summed E-state index contributed by atoms with van der Waals surface area (Å²) in [5, 5.41) is 3.89. The van der Waals surface area contributed by atoms with Crippen LogP contribution in [-0.2, 0) is 12.8 Å². The summed E-state index contributed by atoms with van der Waals surface area (Å²) < 4.78 is 5.40. The molecular formula is C15H17ClN2O. The second-order valence-corrected chi connectivity index (χ2v) is 5.65. The lowest BCUT2D eigenvalue weighted by atomic mass is 10.1. The molecule has 3 rings (SSSR count). The van der Waals surface area contributed by atoms with E-state index in [0.29, 0.717) is 11.7 Å². The number of halogens is 1. The largest absolute Gasteiger partial charge is 0.339 e. The first-order valence-electron chi connectivity index (χ1n) is 6.82. The maximum absolute atomic E-state index is 6.23. The molecule has 100 valence electrons. The third kappa shape index (κ3) is 2.52. The summed E-state index contributed by atoms with van der Waals surface area (Å²) in [6.45, 7) is 2.10. The van der Waals surface area contributed by atoms with Crippen LogP contribution in [0.25, 0.3) is 0 Å². The molecule has 0 saturated heterocycles. The molecule has 1 aliphatic carbocycles. The van der Waals surface area contributed by atoms with Crippen molar-refractivity contribution < 1.29 is 4.52 Å². The fourth-order valence-corrected chi connectivity index (χ4v) is 2.96. The van der Waals surface area contributed by atoms with E-state index in [2.05, 4.69) is 41.3 Å². The zero-order chi connectivity index (χ0) is 13.2. The Hall–Kier alpha value is -1.35. The van der Waals surface area contributed by atoms with Crippen LogP contribution in [0.4, 0.5) is 0 Å². The summed E-state index contributed by atoms with van der Waals surface area (Å²) in [6.07, 6.45) is 3.87. The molecule has 0 amide bonds. The highest BCUT2D eigenvalue weighted by molar-refractivity contribution is 6.20. The van der Waals surface area contributed by atoms with Gasteiger partial charge < -0.3 is 4.52 Å². The first-order valence-corrected chi connectivity index (χ1v) is 7.26. The van der Waals surface area contributed by atoms with Crippen molar-refractivity contribution in [1.82, 2.24) is 10.1 Å². The molecule has 1 aromatic carbocycles. The van der Waals surface area contributed by atoms with Gasteiger partial charge in [-0.3, -0.25) is 0 Å². The Labute approximate surface area is 118 Å². The van der Waals surface area contributed by atoms with Crippen LogP contribution in [0.15, 0.2) is 28.8 Å². The third-order valence-corrected chi connectivity index (χ3v) is 4.09. The van der Waals surface area contributed by atoms with Crippen LogP contribution in [0.3, 0.4) is 0 Å². The van der Waals surface area contributed by atoms with Crippen molar-refractivity contribution in [2.75, 3.05) is 0 Å². The molecule has 19 heavy (non-hydrogen) atoms. The van der Waals surface area contributed by atoms with Crippen molar-refractivity contribution in [3.63, 3.8) is 0 Å². The molecule has 1 aliphatic rings. The predicted octanol–water partition coefficient (Wildman–Crippen LogP) is 4.03. The molecule has 0 aliphatic heterocycles. The van der Waals surface area contributed by atoms with Gasteiger partial charge in [-0.1, -0.05) is 42.8 Å². The van der Waals surface area contributed by atoms with E-state index in [9.17, 15) is 0 Å². The molecule has 0 bridgehead atoms. The number of nitrogens with zero attached hydrogens (tertiary/aromatic N) is 2. The molecule has 0 radical (unpaired) electrons. The molecule has 1 aromatic heterocycles. The smallest absolute Gasteiger partial charge is 0.230 e. The second kappa shape index (κ2) is 5.33. The molecule has 1 unspecified atom stereocenters. The summed E-state index contributed by atoms with van der Waals surface area (Å²) >= 11 is 6.23. The summed E-state index contributed by atoms with van der Waals surface area (Å²) in [4.78, 5) is 4.48. The molecule has 0 spiro atoms. The number of rotatable bonds is 4. The average Bonchev–Trinajstić information content (AvgIpc) is 3.05. The molecule has 4 heteroatoms. The highest BCUT2D eigenvalue weighted by Crippen LogP contribution is 2.34. The van der Waals surface area contributed by atoms with Gasteiger partial charge in [0, 0.05) is 5.92 Å². The van der Waals surface area contributed by atoms with E-state index in [1.807, 2.05) is 0 Å². The highest BCUT2D eigenvalue weighted by Gasteiger charge is 2.28. The average molecular weight is 277 g/mol. The number of aromatic nitrogens is 2. The van der Waals surface area contributed by atoms with Crippen LogP contribution in [0, 0.1) is 0 Å². The fraction of sp³-hybridized carbons (Fsp3) is 0.467. The summed E-state index contributed by atoms with van der Waals surface area (Å²) in [7, 11) is 0. The van der Waals surface area contributed by atoms with Crippen LogP contribution in [-0.4, -0.2) is 10.1 Å². The lowest BCUT2D eigenvalue weighted by Crippen LogP contribution is -1.99. The standard InChI is InChI=1S/C15H17ClN2O/c1-2-5-13(16)14-17-15(19-18-14)12-8-10-6-3-4-7-11(10)9-12/h3-4,6-7,12-13H,2,5,8-9H2,1H3. The molecule has 1 heterocycles. The van der Waals surface area contributed by atoms with Gasteiger partial charge >= 0.3 is 0 Å². The van der Waals surface area contributed by atoms with Gasteiger partial charge in [0.05, 0.1) is 5.38 Å². The first-order chi connectivity index (χ1) is 9.28. The van der Waals surface area contributed by atoms with E-state index in [4.69, 9.17) is 16.1 Å². The summed E-state index contributed by atoms with van der Waals surface area (Å²) in [5.41, 5.74) is 2.78. The highest BCUT2D eigenvalue weighted by atomic mass is 35.5. The predicted molar refractivity (Wildman–Crippen MR) is 74.4 cm³/mol. The Bertz CT molecular complexity index is 542. The van der Waals surface area contributed by atoms with Gasteiger partial charge in [-0.15, -0.1) is 11.6 Å². The number of benzene rings is 1. The van der Waals surface area contributed by atoms with Crippen LogP contribution in [0.2, 0.25) is 0 Å². The molecule has 0 fully saturated rings. The van der Waals surface area contributed by atoms with Crippen molar-refractivity contribution in [2.45, 2.75) is 43.9 Å². The Morgan fingerprint density at radius 3 is 2.63 bits per heavy atom. The molecule has 2 aromatic rings. The van der Waals surface area contributed by atoms with Gasteiger partial charge in [-0.2, -0.15) is 4.98 Å². The van der Waals surface area contributed by atoms with Crippen molar-refractivity contribution in [3.8, 4) is 0 Å². The Morgan fingerprint density at radius 2 is 2.00 bits per heavy atom. The monoisotopic (exact) mass is 276 g/mol. The van der Waals surface area contributed by atoms with Gasteiger partial charge in [0.2, 0.25) is 5.89 Å². The third-order valence-electron chi connectivity index (χ3n) is 3.68. The Morgan fingerprint density at radius 1 is 1.32 bits per heavy atom. The lowest BCUT2D eigenvalue weighted by Gasteiger charge is -2.02. The first kappa shape index (κ1) is 12.7. The lowest BCUT2D eigenvalue weighted by molar-refractivity contribution is 0.351. The van der Waals surface area contributed by atoms with Crippen LogP contribution < -0.4 is 0 Å². The van der Waals surface area contributed by atoms with E-state index in [-0.39, 0.29) is 5.38 Å². The van der Waals surface area contributed by atoms with Gasteiger partial charge in [0.25, 0.3) is 0 Å². The maximum Gasteiger partial charge on any atom is 0.230 e. The van der Waals surface area contributed by atoms with E-state index in [0.717, 1.165) is 31.6 Å². The topological polar surface area (TPSA) is 38.9 Å². The number of fused-ring (bicyclic) bond motifs is 1. The van der Waals surface area contributed by atoms with Gasteiger partial charge in [-0.25, -0.2) is 0 Å². The minimum absolute atomic E-state index is 0.133. The number of hydrogen-bond acceptors (Lipinski definition) is 3. The van der Waals surface area contributed by atoms with Crippen molar-refractivity contribution in [1.29, 1.82) is 0 Å². The Kier molecular flexibility index (Phi) is 3.56. The van der Waals surface area contributed by atoms with Crippen molar-refractivity contribution in [2.24, 2.45) is 0 Å². The summed E-state index contributed by atoms with van der Waals surface area (Å²) in [6, 6.07) is 8.51. The molecule has 3 nitrogen and oxygen atoms in total. The quantitative estimate of drug-likeness (QED) is 0.792. The van der Waals surface area contributed by atoms with Crippen LogP contribution in [0.5, 0.6) is 0 Å². The van der Waals surface area contributed by atoms with Crippen LogP contribution in [0.1, 0.15) is 53.9 Å². The fourth-order valence-electron chi connectivity index (χ4n) is 2.66. The van der Waals surface area contributed by atoms with E-state index in [1.54, 1.807) is 0 Å². The molecule has 0 N–H and O–H groups in total. The van der Waals surface area contributed by atoms with Crippen molar-refractivity contribution >= 4 is 11.6 Å². The van der Waals surface area contributed by atoms with E-state index in [1.165, 1.54) is 11.1 Å². The number of hydrogen-bond donors (Lipinski definition) is 0. The summed E-state index contributed by atoms with van der Waals surface area (Å²) in [5.74, 6) is 1.67. The minimum Gasteiger partial charge on any atom is -0.339 e. The van der Waals surface area contributed by atoms with Crippen LogP contribution >= 0.6 is 11.6 Å². The van der Waals surface area contributed by atoms with E-state index < -0.39 is 0 Å². The van der Waals surface area contributed by atoms with Gasteiger partial charge in [-0.05, 0) is 30.4 Å². The minimum atomic E-state index is -0.133. The zero-order valence-electron chi connectivity index (χ0n) is 11.0. The second-order valence-electron chi connectivity index (χ2n) is 5.12. The molecule has 0 saturated carbocycles. The molecular weight excluding hydrogens is 260 g/mol. The maximum atomic E-state index is 6.23. The number of alkyl halides is 1. The zero-order valence-corrected chi connectivity index (χ0v) is 11.7. The van der Waals surface area contributed by atoms with Crippen molar-refractivity contribution in [3.05, 3.63) is 47.1 Å².